The quantitative estimate of drug-likeness (QED) is 0.116. The van der Waals surface area contributed by atoms with Crippen LogP contribution in [0.5, 0.6) is 0 Å². The summed E-state index contributed by atoms with van der Waals surface area (Å²) in [5.74, 6) is 0. The minimum Gasteiger partial charge on any atom is -0.456 e. The molecule has 64 heavy (non-hydrogen) atoms. The van der Waals surface area contributed by atoms with Gasteiger partial charge < -0.3 is 13.6 Å². The molecule has 3 aromatic heterocycles. The van der Waals surface area contributed by atoms with Gasteiger partial charge in [0.15, 0.2) is 8.07 Å². The van der Waals surface area contributed by atoms with Crippen molar-refractivity contribution >= 4 is 94.4 Å². The molecule has 0 aliphatic rings. The molecular formula is C60H40N2OSi. The normalized spacial score (nSPS) is 12.1. The predicted octanol–water partition coefficient (Wildman–Crippen LogP) is 12.8. The molecule has 0 spiro atoms. The Kier molecular flexibility index (Phi) is 8.23. The number of benzene rings is 10. The molecular weight excluding hydrogens is 793 g/mol. The van der Waals surface area contributed by atoms with Gasteiger partial charge >= 0.3 is 0 Å². The van der Waals surface area contributed by atoms with E-state index in [4.69, 9.17) is 4.42 Å². The van der Waals surface area contributed by atoms with Crippen LogP contribution in [0, 0.1) is 0 Å². The minimum atomic E-state index is -3.03. The van der Waals surface area contributed by atoms with Crippen LogP contribution < -0.4 is 20.7 Å². The number of furan rings is 1. The third kappa shape index (κ3) is 5.33. The maximum absolute atomic E-state index is 6.45. The van der Waals surface area contributed by atoms with Crippen molar-refractivity contribution in [2.24, 2.45) is 0 Å². The number of hydrogen-bond acceptors (Lipinski definition) is 1. The van der Waals surface area contributed by atoms with E-state index in [1.54, 1.807) is 0 Å². The number of para-hydroxylation sites is 5. The fourth-order valence-corrected chi connectivity index (χ4v) is 15.6. The van der Waals surface area contributed by atoms with Gasteiger partial charge in [0.1, 0.15) is 11.2 Å². The molecule has 4 heteroatoms. The lowest BCUT2D eigenvalue weighted by molar-refractivity contribution is 0.669. The van der Waals surface area contributed by atoms with Crippen LogP contribution in [-0.4, -0.2) is 17.2 Å². The molecule has 0 unspecified atom stereocenters. The molecule has 0 fully saturated rings. The van der Waals surface area contributed by atoms with Crippen molar-refractivity contribution in [1.82, 2.24) is 9.13 Å². The summed E-state index contributed by atoms with van der Waals surface area (Å²) >= 11 is 0. The van der Waals surface area contributed by atoms with Crippen molar-refractivity contribution in [2.75, 3.05) is 0 Å². The van der Waals surface area contributed by atoms with E-state index < -0.39 is 8.07 Å². The first-order valence-electron chi connectivity index (χ1n) is 22.0. The van der Waals surface area contributed by atoms with E-state index in [1.807, 2.05) is 6.07 Å². The molecule has 0 bridgehead atoms. The Morgan fingerprint density at radius 3 is 1.34 bits per heavy atom. The highest BCUT2D eigenvalue weighted by atomic mass is 28.3. The Balaban J connectivity index is 1.10. The van der Waals surface area contributed by atoms with Gasteiger partial charge in [-0.05, 0) is 80.9 Å². The van der Waals surface area contributed by atoms with Gasteiger partial charge in [-0.15, -0.1) is 0 Å². The van der Waals surface area contributed by atoms with E-state index in [0.717, 1.165) is 38.9 Å². The molecule has 13 rings (SSSR count). The maximum Gasteiger partial charge on any atom is 0.179 e. The number of nitrogens with zero attached hydrogens (tertiary/aromatic N) is 2. The van der Waals surface area contributed by atoms with E-state index in [1.165, 1.54) is 69.9 Å². The van der Waals surface area contributed by atoms with Crippen LogP contribution >= 0.6 is 0 Å². The molecule has 0 saturated heterocycles. The Hall–Kier alpha value is -8.18. The highest BCUT2D eigenvalue weighted by molar-refractivity contribution is 7.20. The first-order chi connectivity index (χ1) is 31.8. The lowest BCUT2D eigenvalue weighted by Crippen LogP contribution is -2.74. The first kappa shape index (κ1) is 36.5. The predicted molar refractivity (Wildman–Crippen MR) is 271 cm³/mol. The van der Waals surface area contributed by atoms with Crippen molar-refractivity contribution in [3.63, 3.8) is 0 Å². The van der Waals surface area contributed by atoms with E-state index in [-0.39, 0.29) is 0 Å². The SMILES string of the molecule is c1ccc([Si](c2ccccc2)(c2cccc(-n3c4ccccc4c4ccccc43)c2)c2cccc(-n3c4ccccc4c4cccc(-c5cccc6oc7ccccc7c56)c43)c2)cc1. The molecule has 0 amide bonds. The Bertz CT molecular complexity index is 3820. The van der Waals surface area contributed by atoms with E-state index >= 15 is 0 Å². The molecule has 3 heterocycles. The van der Waals surface area contributed by atoms with Gasteiger partial charge in [-0.25, -0.2) is 0 Å². The van der Waals surface area contributed by atoms with E-state index in [2.05, 4.69) is 246 Å². The van der Waals surface area contributed by atoms with E-state index in [9.17, 15) is 0 Å². The summed E-state index contributed by atoms with van der Waals surface area (Å²) in [5.41, 5.74) is 11.2. The second-order valence-electron chi connectivity index (χ2n) is 16.8. The number of fused-ring (bicyclic) bond motifs is 9. The molecule has 300 valence electrons. The van der Waals surface area contributed by atoms with Gasteiger partial charge in [-0.1, -0.05) is 188 Å². The summed E-state index contributed by atoms with van der Waals surface area (Å²) in [6.07, 6.45) is 0. The summed E-state index contributed by atoms with van der Waals surface area (Å²) in [6.45, 7) is 0. The smallest absolute Gasteiger partial charge is 0.179 e. The lowest BCUT2D eigenvalue weighted by atomic mass is 9.97. The molecule has 0 radical (unpaired) electrons. The Morgan fingerprint density at radius 2 is 0.719 bits per heavy atom. The third-order valence-corrected chi connectivity index (χ3v) is 18.2. The molecule has 0 saturated carbocycles. The second kappa shape index (κ2) is 14.5. The fraction of sp³-hybridized carbons (Fsp3) is 0. The third-order valence-electron chi connectivity index (χ3n) is 13.5. The lowest BCUT2D eigenvalue weighted by Gasteiger charge is -2.35. The largest absolute Gasteiger partial charge is 0.456 e. The van der Waals surface area contributed by atoms with Crippen molar-refractivity contribution in [3.05, 3.63) is 243 Å². The van der Waals surface area contributed by atoms with Crippen LogP contribution in [0.1, 0.15) is 0 Å². The van der Waals surface area contributed by atoms with Crippen LogP contribution in [0.2, 0.25) is 0 Å². The standard InChI is InChI=1S/C60H40N2OSi/c1-3-21-43(22-4-1)64(44-23-5-2-6-24-44,45-25-15-19-41(39-45)61-54-34-11-7-27-47(54)48-28-8-12-35-55(48)61)46-26-16-20-42(40-46)62-56-36-13-9-29-49(56)51-32-17-33-52(60(51)62)50-31-18-38-58-59(50)53-30-10-14-37-57(53)63-58/h1-40H. The summed E-state index contributed by atoms with van der Waals surface area (Å²) in [4.78, 5) is 0. The van der Waals surface area contributed by atoms with Crippen molar-refractivity contribution in [3.8, 4) is 22.5 Å². The molecule has 0 aliphatic heterocycles. The average Bonchev–Trinajstić information content (AvgIpc) is 4.03. The summed E-state index contributed by atoms with van der Waals surface area (Å²) in [5, 5.41) is 12.5. The maximum atomic E-state index is 6.45. The van der Waals surface area contributed by atoms with Crippen LogP contribution in [-0.2, 0) is 0 Å². The highest BCUT2D eigenvalue weighted by Gasteiger charge is 2.42. The van der Waals surface area contributed by atoms with Crippen molar-refractivity contribution in [2.45, 2.75) is 0 Å². The van der Waals surface area contributed by atoms with Gasteiger partial charge in [0.05, 0.1) is 22.1 Å². The van der Waals surface area contributed by atoms with E-state index in [0.29, 0.717) is 0 Å². The monoisotopic (exact) mass is 832 g/mol. The van der Waals surface area contributed by atoms with Crippen LogP contribution in [0.15, 0.2) is 247 Å². The van der Waals surface area contributed by atoms with Crippen LogP contribution in [0.3, 0.4) is 0 Å². The van der Waals surface area contributed by atoms with Crippen LogP contribution in [0.25, 0.3) is 88.1 Å². The number of hydrogen-bond donors (Lipinski definition) is 0. The highest BCUT2D eigenvalue weighted by Crippen LogP contribution is 2.43. The van der Waals surface area contributed by atoms with Crippen molar-refractivity contribution in [1.29, 1.82) is 0 Å². The topological polar surface area (TPSA) is 23.0 Å². The zero-order valence-corrected chi connectivity index (χ0v) is 35.9. The zero-order valence-electron chi connectivity index (χ0n) is 34.9. The Labute approximate surface area is 371 Å². The number of aromatic nitrogens is 2. The molecule has 0 atom stereocenters. The molecule has 0 aliphatic carbocycles. The number of rotatable bonds is 7. The molecule has 10 aromatic carbocycles. The van der Waals surface area contributed by atoms with Gasteiger partial charge in [-0.3, -0.25) is 0 Å². The second-order valence-corrected chi connectivity index (χ2v) is 20.6. The molecule has 3 nitrogen and oxygen atoms in total. The van der Waals surface area contributed by atoms with Gasteiger partial charge in [-0.2, -0.15) is 0 Å². The molecule has 0 N–H and O–H groups in total. The zero-order chi connectivity index (χ0) is 42.2. The van der Waals surface area contributed by atoms with Gasteiger partial charge in [0.25, 0.3) is 0 Å². The summed E-state index contributed by atoms with van der Waals surface area (Å²) < 4.78 is 11.4. The summed E-state index contributed by atoms with van der Waals surface area (Å²) in [6, 6.07) is 89.5. The van der Waals surface area contributed by atoms with Gasteiger partial charge in [0, 0.05) is 49.3 Å². The van der Waals surface area contributed by atoms with Gasteiger partial charge in [0.2, 0.25) is 0 Å². The Morgan fingerprint density at radius 1 is 0.297 bits per heavy atom. The van der Waals surface area contributed by atoms with Crippen LogP contribution in [0.4, 0.5) is 0 Å². The fourth-order valence-electron chi connectivity index (χ4n) is 10.8. The average molecular weight is 833 g/mol. The summed E-state index contributed by atoms with van der Waals surface area (Å²) in [7, 11) is -3.03. The minimum absolute atomic E-state index is 0.894. The molecule has 13 aromatic rings. The first-order valence-corrected chi connectivity index (χ1v) is 24.0. The van der Waals surface area contributed by atoms with Crippen molar-refractivity contribution < 1.29 is 4.42 Å².